The normalized spacial score (nSPS) is 10.1. The Morgan fingerprint density at radius 3 is 2.44 bits per heavy atom. The van der Waals surface area contributed by atoms with Crippen LogP contribution in [0.1, 0.15) is 52.4 Å². The summed E-state index contributed by atoms with van der Waals surface area (Å²) >= 11 is 0.518. The van der Waals surface area contributed by atoms with E-state index >= 15 is 0 Å². The second-order valence-corrected chi connectivity index (χ2v) is 6.22. The molecule has 0 radical (unpaired) electrons. The Morgan fingerprint density at radius 1 is 1.00 bits per heavy atom. The average molecular weight is 232 g/mol. The summed E-state index contributed by atoms with van der Waals surface area (Å²) in [4.78, 5) is 0. The predicted octanol–water partition coefficient (Wildman–Crippen LogP) is 4.22. The first kappa shape index (κ1) is 13.8. The van der Waals surface area contributed by atoms with E-state index in [1.807, 2.05) is 0 Å². The number of unbranched alkanes of at least 4 members (excludes halogenated alkanes) is 5. The summed E-state index contributed by atoms with van der Waals surface area (Å²) in [5.74, 6) is 0. The second kappa shape index (κ2) is 8.85. The Bertz CT molecular complexity index is 286. The Kier molecular flexibility index (Phi) is 7.64. The van der Waals surface area contributed by atoms with Crippen LogP contribution in [0.5, 0.6) is 0 Å². The van der Waals surface area contributed by atoms with Crippen LogP contribution in [0.4, 0.5) is 0 Å². The summed E-state index contributed by atoms with van der Waals surface area (Å²) in [5, 5.41) is 1.44. The van der Waals surface area contributed by atoms with Gasteiger partial charge in [-0.2, -0.15) is 0 Å². The van der Waals surface area contributed by atoms with Crippen molar-refractivity contribution in [3.05, 3.63) is 29.8 Å². The number of rotatable bonds is 8. The van der Waals surface area contributed by atoms with Gasteiger partial charge in [-0.1, -0.05) is 0 Å². The molecule has 1 aromatic rings. The van der Waals surface area contributed by atoms with Gasteiger partial charge in [0.2, 0.25) is 0 Å². The molecular formula is C15H25Al. The van der Waals surface area contributed by atoms with Gasteiger partial charge in [0.25, 0.3) is 0 Å². The summed E-state index contributed by atoms with van der Waals surface area (Å²) in [6.45, 7) is 4.52. The first-order valence-electron chi connectivity index (χ1n) is 6.73. The quantitative estimate of drug-likeness (QED) is 0.465. The summed E-state index contributed by atoms with van der Waals surface area (Å²) in [5.41, 5.74) is 1.49. The summed E-state index contributed by atoms with van der Waals surface area (Å²) in [6, 6.07) is 8.87. The molecule has 0 spiro atoms. The Labute approximate surface area is 109 Å². The largest absolute Gasteiger partial charge is 1.00 e. The van der Waals surface area contributed by atoms with Gasteiger partial charge in [-0.05, 0) is 0 Å². The van der Waals surface area contributed by atoms with Gasteiger partial charge in [0, 0.05) is 0 Å². The number of hydrogen-bond donors (Lipinski definition) is 0. The molecule has 1 aromatic carbocycles. The van der Waals surface area contributed by atoms with Crippen LogP contribution in [0.2, 0.25) is 5.28 Å². The fourth-order valence-electron chi connectivity index (χ4n) is 2.00. The van der Waals surface area contributed by atoms with E-state index in [1.165, 1.54) is 49.4 Å². The molecule has 16 heavy (non-hydrogen) atoms. The van der Waals surface area contributed by atoms with Gasteiger partial charge in [0.15, 0.2) is 0 Å². The van der Waals surface area contributed by atoms with Crippen molar-refractivity contribution in [1.29, 1.82) is 0 Å². The smallest absolute Gasteiger partial charge is 1.00 e. The molecule has 0 saturated carbocycles. The number of hydrogen-bond acceptors (Lipinski definition) is 0. The van der Waals surface area contributed by atoms with Crippen LogP contribution in [0.15, 0.2) is 24.3 Å². The van der Waals surface area contributed by atoms with Crippen LogP contribution < -0.4 is 4.43 Å². The fraction of sp³-hybridized carbons (Fsp3) is 0.600. The van der Waals surface area contributed by atoms with Gasteiger partial charge < -0.3 is 1.43 Å². The van der Waals surface area contributed by atoms with Crippen molar-refractivity contribution in [2.45, 2.75) is 57.7 Å². The molecule has 1 rings (SSSR count). The molecule has 0 aliphatic heterocycles. The minimum atomic E-state index is 0. The van der Waals surface area contributed by atoms with Crippen LogP contribution in [0, 0.1) is 6.92 Å². The van der Waals surface area contributed by atoms with Gasteiger partial charge in [0.1, 0.15) is 0 Å². The van der Waals surface area contributed by atoms with Crippen LogP contribution in [-0.2, 0) is 0 Å². The molecule has 0 bridgehead atoms. The average Bonchev–Trinajstić information content (AvgIpc) is 2.30. The molecule has 0 nitrogen and oxygen atoms in total. The van der Waals surface area contributed by atoms with E-state index < -0.39 is 0 Å². The van der Waals surface area contributed by atoms with Crippen molar-refractivity contribution in [2.24, 2.45) is 0 Å². The molecule has 0 unspecified atom stereocenters. The van der Waals surface area contributed by atoms with Crippen molar-refractivity contribution in [3.8, 4) is 0 Å². The maximum Gasteiger partial charge on any atom is -1.00 e. The third-order valence-corrected chi connectivity index (χ3v) is 4.89. The third-order valence-electron chi connectivity index (χ3n) is 3.11. The van der Waals surface area contributed by atoms with Crippen molar-refractivity contribution >= 4 is 19.6 Å². The SMILES string of the molecule is CCCCCCC[CH2][Al+][c]1ccccc1C.[H-]. The van der Waals surface area contributed by atoms with Crippen LogP contribution >= 0.6 is 0 Å². The topological polar surface area (TPSA) is 0 Å². The Morgan fingerprint density at radius 2 is 1.69 bits per heavy atom. The third kappa shape index (κ3) is 5.73. The molecule has 0 heterocycles. The number of benzene rings is 1. The van der Waals surface area contributed by atoms with Gasteiger partial charge >= 0.3 is 107 Å². The standard InChI is InChI=1S/C8H17.C7H7.Al.H/c1-3-5-7-8-6-4-2;1-7-5-3-2-4-6-7;;/h1,3-8H2,2H3;2-5H,1H3;;/q;;+1;-1. The Balaban J connectivity index is 0.00000256. The summed E-state index contributed by atoms with van der Waals surface area (Å²) in [6.07, 6.45) is 8.54. The zero-order chi connectivity index (χ0) is 11.6. The molecule has 0 fully saturated rings. The van der Waals surface area contributed by atoms with Crippen molar-refractivity contribution in [1.82, 2.24) is 0 Å². The van der Waals surface area contributed by atoms with E-state index in [-0.39, 0.29) is 1.43 Å². The molecule has 0 aromatic heterocycles. The first-order valence-corrected chi connectivity index (χ1v) is 8.13. The van der Waals surface area contributed by atoms with Crippen LogP contribution in [0.3, 0.4) is 0 Å². The van der Waals surface area contributed by atoms with Gasteiger partial charge in [-0.15, -0.1) is 0 Å². The maximum absolute atomic E-state index is 2.31. The van der Waals surface area contributed by atoms with E-state index in [2.05, 4.69) is 38.1 Å². The van der Waals surface area contributed by atoms with E-state index in [0.29, 0.717) is 15.2 Å². The fourth-order valence-corrected chi connectivity index (χ4v) is 3.47. The predicted molar refractivity (Wildman–Crippen MR) is 75.9 cm³/mol. The van der Waals surface area contributed by atoms with Crippen molar-refractivity contribution < 1.29 is 1.43 Å². The molecule has 0 aliphatic rings. The van der Waals surface area contributed by atoms with Gasteiger partial charge in [-0.25, -0.2) is 0 Å². The van der Waals surface area contributed by atoms with E-state index in [4.69, 9.17) is 0 Å². The minimum absolute atomic E-state index is 0. The van der Waals surface area contributed by atoms with Gasteiger partial charge in [-0.3, -0.25) is 0 Å². The molecule has 0 amide bonds. The van der Waals surface area contributed by atoms with E-state index in [0.717, 1.165) is 0 Å². The molecule has 88 valence electrons. The molecule has 0 aliphatic carbocycles. The van der Waals surface area contributed by atoms with E-state index in [9.17, 15) is 0 Å². The molecule has 0 atom stereocenters. The summed E-state index contributed by atoms with van der Waals surface area (Å²) < 4.78 is 1.62. The van der Waals surface area contributed by atoms with Crippen molar-refractivity contribution in [3.63, 3.8) is 0 Å². The molecule has 0 N–H and O–H groups in total. The summed E-state index contributed by atoms with van der Waals surface area (Å²) in [7, 11) is 0. The van der Waals surface area contributed by atoms with Crippen LogP contribution in [0.25, 0.3) is 0 Å². The first-order chi connectivity index (χ1) is 7.84. The van der Waals surface area contributed by atoms with E-state index in [1.54, 1.807) is 4.43 Å². The second-order valence-electron chi connectivity index (χ2n) is 4.62. The zero-order valence-electron chi connectivity index (χ0n) is 11.8. The Hall–Kier alpha value is -0.248. The van der Waals surface area contributed by atoms with Crippen LogP contribution in [-0.4, -0.2) is 15.2 Å². The molecule has 1 heteroatoms. The number of aryl methyl sites for hydroxylation is 1. The zero-order valence-corrected chi connectivity index (χ0v) is 12.0. The van der Waals surface area contributed by atoms with Gasteiger partial charge in [0.05, 0.1) is 0 Å². The molecular weight excluding hydrogens is 207 g/mol. The monoisotopic (exact) mass is 232 g/mol. The maximum atomic E-state index is 2.31. The molecule has 0 saturated heterocycles. The minimum Gasteiger partial charge on any atom is -1.00 e. The van der Waals surface area contributed by atoms with Crippen molar-refractivity contribution in [2.75, 3.05) is 0 Å².